The predicted octanol–water partition coefficient (Wildman–Crippen LogP) is 5.22. The Morgan fingerprint density at radius 2 is 1.82 bits per heavy atom. The molecule has 1 saturated heterocycles. The van der Waals surface area contributed by atoms with Crippen molar-refractivity contribution in [1.29, 1.82) is 0 Å². The van der Waals surface area contributed by atoms with Gasteiger partial charge in [-0.1, -0.05) is 30.7 Å². The van der Waals surface area contributed by atoms with Crippen molar-refractivity contribution in [2.24, 2.45) is 5.92 Å². The summed E-state index contributed by atoms with van der Waals surface area (Å²) in [6.45, 7) is 8.29. The highest BCUT2D eigenvalue weighted by Gasteiger charge is 2.19. The van der Waals surface area contributed by atoms with Crippen molar-refractivity contribution in [2.75, 3.05) is 18.0 Å². The maximum Gasteiger partial charge on any atom is 0.261 e. The van der Waals surface area contributed by atoms with E-state index in [0.29, 0.717) is 10.8 Å². The van der Waals surface area contributed by atoms with Gasteiger partial charge >= 0.3 is 0 Å². The molecule has 3 atom stereocenters. The second-order valence-electron chi connectivity index (χ2n) is 7.73. The summed E-state index contributed by atoms with van der Waals surface area (Å²) in [5, 5.41) is 3.67. The molecule has 4 nitrogen and oxygen atoms in total. The first-order chi connectivity index (χ1) is 13.4. The number of ether oxygens (including phenoxy) is 1. The first-order valence-corrected chi connectivity index (χ1v) is 10.4. The lowest BCUT2D eigenvalue weighted by Gasteiger charge is -2.33. The number of amides is 1. The molecule has 1 aliphatic rings. The number of nitrogens with one attached hydrogen (secondary N) is 1. The highest BCUT2D eigenvalue weighted by Crippen LogP contribution is 2.25. The molecule has 0 radical (unpaired) electrons. The van der Waals surface area contributed by atoms with E-state index < -0.39 is 6.10 Å². The van der Waals surface area contributed by atoms with Crippen molar-refractivity contribution in [1.82, 2.24) is 5.32 Å². The Morgan fingerprint density at radius 3 is 2.46 bits per heavy atom. The van der Waals surface area contributed by atoms with E-state index in [1.165, 1.54) is 18.5 Å². The number of hydrogen-bond donors (Lipinski definition) is 1. The average Bonchev–Trinajstić information content (AvgIpc) is 2.69. The lowest BCUT2D eigenvalue weighted by Crippen LogP contribution is -2.37. The lowest BCUT2D eigenvalue weighted by molar-refractivity contribution is -0.127. The molecule has 1 aliphatic heterocycles. The van der Waals surface area contributed by atoms with Crippen LogP contribution in [0.5, 0.6) is 5.75 Å². The SMILES string of the molecule is CC1CCCN(c2ccc(C(C)NC(=O)C(C)Oc3ccc(Cl)cc3)cc2)C1. The number of carbonyl (C=O) groups is 1. The number of hydrogen-bond acceptors (Lipinski definition) is 3. The van der Waals surface area contributed by atoms with E-state index in [-0.39, 0.29) is 11.9 Å². The smallest absolute Gasteiger partial charge is 0.261 e. The van der Waals surface area contributed by atoms with Crippen molar-refractivity contribution in [3.63, 3.8) is 0 Å². The predicted molar refractivity (Wildman–Crippen MR) is 115 cm³/mol. The molecule has 2 aromatic rings. The highest BCUT2D eigenvalue weighted by molar-refractivity contribution is 6.30. The zero-order chi connectivity index (χ0) is 20.1. The fraction of sp³-hybridized carbons (Fsp3) is 0.435. The topological polar surface area (TPSA) is 41.6 Å². The Bertz CT molecular complexity index is 776. The molecule has 28 heavy (non-hydrogen) atoms. The summed E-state index contributed by atoms with van der Waals surface area (Å²) in [6.07, 6.45) is 1.98. The molecule has 150 valence electrons. The van der Waals surface area contributed by atoms with Gasteiger partial charge in [0.25, 0.3) is 5.91 Å². The molecular formula is C23H29ClN2O2. The number of benzene rings is 2. The van der Waals surface area contributed by atoms with Crippen LogP contribution < -0.4 is 15.0 Å². The van der Waals surface area contributed by atoms with Crippen LogP contribution in [0.3, 0.4) is 0 Å². The first kappa shape index (κ1) is 20.5. The van der Waals surface area contributed by atoms with Gasteiger partial charge in [0.15, 0.2) is 6.10 Å². The summed E-state index contributed by atoms with van der Waals surface area (Å²) in [4.78, 5) is 14.9. The number of halogens is 1. The fourth-order valence-corrected chi connectivity index (χ4v) is 3.71. The summed E-state index contributed by atoms with van der Waals surface area (Å²) >= 11 is 5.88. The second kappa shape index (κ2) is 9.33. The number of carbonyl (C=O) groups excluding carboxylic acids is 1. The Morgan fingerprint density at radius 1 is 1.14 bits per heavy atom. The molecule has 5 heteroatoms. The van der Waals surface area contributed by atoms with Gasteiger partial charge in [-0.15, -0.1) is 0 Å². The van der Waals surface area contributed by atoms with Crippen LogP contribution in [0, 0.1) is 5.92 Å². The van der Waals surface area contributed by atoms with E-state index in [9.17, 15) is 4.79 Å². The van der Waals surface area contributed by atoms with Crippen LogP contribution in [0.25, 0.3) is 0 Å². The number of rotatable bonds is 6. The molecule has 2 aromatic carbocycles. The van der Waals surface area contributed by atoms with Crippen LogP contribution in [0.1, 0.15) is 45.2 Å². The van der Waals surface area contributed by atoms with E-state index in [1.807, 2.05) is 6.92 Å². The molecule has 3 rings (SSSR count). The average molecular weight is 401 g/mol. The Hall–Kier alpha value is -2.20. The zero-order valence-corrected chi connectivity index (χ0v) is 17.6. The molecule has 1 N–H and O–H groups in total. The van der Waals surface area contributed by atoms with Crippen LogP contribution in [-0.2, 0) is 4.79 Å². The van der Waals surface area contributed by atoms with Gasteiger partial charge in [0.1, 0.15) is 5.75 Å². The molecule has 3 unspecified atom stereocenters. The quantitative estimate of drug-likeness (QED) is 0.722. The summed E-state index contributed by atoms with van der Waals surface area (Å²) in [6, 6.07) is 15.4. The standard InChI is InChI=1S/C23H29ClN2O2/c1-16-5-4-14-26(15-16)21-10-6-19(7-11-21)17(2)25-23(27)18(3)28-22-12-8-20(24)9-13-22/h6-13,16-18H,4-5,14-15H2,1-3H3,(H,25,27). The maximum absolute atomic E-state index is 12.5. The Kier molecular flexibility index (Phi) is 6.84. The van der Waals surface area contributed by atoms with Crippen LogP contribution in [0.2, 0.25) is 5.02 Å². The van der Waals surface area contributed by atoms with Crippen molar-refractivity contribution >= 4 is 23.2 Å². The summed E-state index contributed by atoms with van der Waals surface area (Å²) in [5.74, 6) is 1.23. The van der Waals surface area contributed by atoms with Crippen LogP contribution in [-0.4, -0.2) is 25.1 Å². The Labute approximate surface area is 172 Å². The van der Waals surface area contributed by atoms with E-state index in [1.54, 1.807) is 31.2 Å². The van der Waals surface area contributed by atoms with Gasteiger partial charge in [0.05, 0.1) is 6.04 Å². The normalized spacial score (nSPS) is 19.0. The third-order valence-electron chi connectivity index (χ3n) is 5.27. The van der Waals surface area contributed by atoms with Gasteiger partial charge < -0.3 is 15.0 Å². The number of nitrogens with zero attached hydrogens (tertiary/aromatic N) is 1. The molecule has 0 saturated carbocycles. The van der Waals surface area contributed by atoms with Crippen molar-refractivity contribution in [3.8, 4) is 5.75 Å². The molecule has 0 aliphatic carbocycles. The molecule has 0 spiro atoms. The molecule has 0 aromatic heterocycles. The number of anilines is 1. The van der Waals surface area contributed by atoms with E-state index in [2.05, 4.69) is 41.4 Å². The summed E-state index contributed by atoms with van der Waals surface area (Å²) in [7, 11) is 0. The van der Waals surface area contributed by atoms with Gasteiger partial charge in [-0.25, -0.2) is 0 Å². The molecule has 0 bridgehead atoms. The third kappa shape index (κ3) is 5.41. The minimum Gasteiger partial charge on any atom is -0.481 e. The van der Waals surface area contributed by atoms with Gasteiger partial charge in [-0.3, -0.25) is 4.79 Å². The summed E-state index contributed by atoms with van der Waals surface area (Å²) < 4.78 is 5.70. The highest BCUT2D eigenvalue weighted by atomic mass is 35.5. The van der Waals surface area contributed by atoms with Gasteiger partial charge in [0, 0.05) is 23.8 Å². The van der Waals surface area contributed by atoms with Crippen LogP contribution in [0.15, 0.2) is 48.5 Å². The largest absolute Gasteiger partial charge is 0.481 e. The monoisotopic (exact) mass is 400 g/mol. The van der Waals surface area contributed by atoms with Crippen molar-refractivity contribution in [3.05, 3.63) is 59.1 Å². The summed E-state index contributed by atoms with van der Waals surface area (Å²) in [5.41, 5.74) is 2.34. The van der Waals surface area contributed by atoms with E-state index in [4.69, 9.17) is 16.3 Å². The van der Waals surface area contributed by atoms with Crippen LogP contribution >= 0.6 is 11.6 Å². The van der Waals surface area contributed by atoms with Crippen molar-refractivity contribution in [2.45, 2.75) is 45.8 Å². The fourth-order valence-electron chi connectivity index (χ4n) is 3.58. The molecule has 1 amide bonds. The first-order valence-electron chi connectivity index (χ1n) is 10.00. The van der Waals surface area contributed by atoms with E-state index >= 15 is 0 Å². The minimum absolute atomic E-state index is 0.0851. The minimum atomic E-state index is -0.585. The van der Waals surface area contributed by atoms with Crippen LogP contribution in [0.4, 0.5) is 5.69 Å². The molecule has 1 heterocycles. The van der Waals surface area contributed by atoms with Gasteiger partial charge in [-0.05, 0) is 74.6 Å². The molecular weight excluding hydrogens is 372 g/mol. The molecule has 1 fully saturated rings. The van der Waals surface area contributed by atoms with Gasteiger partial charge in [0.2, 0.25) is 0 Å². The zero-order valence-electron chi connectivity index (χ0n) is 16.8. The Balaban J connectivity index is 1.55. The van der Waals surface area contributed by atoms with Crippen molar-refractivity contribution < 1.29 is 9.53 Å². The van der Waals surface area contributed by atoms with Gasteiger partial charge in [-0.2, -0.15) is 0 Å². The lowest BCUT2D eigenvalue weighted by atomic mass is 9.99. The maximum atomic E-state index is 12.5. The third-order valence-corrected chi connectivity index (χ3v) is 5.52. The second-order valence-corrected chi connectivity index (χ2v) is 8.17. The van der Waals surface area contributed by atoms with E-state index in [0.717, 1.165) is 24.6 Å². The number of piperidine rings is 1.